The van der Waals surface area contributed by atoms with Crippen molar-refractivity contribution in [1.82, 2.24) is 10.2 Å². The number of aliphatic hydroxyl groups is 1. The maximum absolute atomic E-state index is 12.1. The summed E-state index contributed by atoms with van der Waals surface area (Å²) < 4.78 is 4.85. The number of amides is 1. The molecular formula is C14H22N2O3S. The van der Waals surface area contributed by atoms with E-state index in [9.17, 15) is 9.90 Å². The summed E-state index contributed by atoms with van der Waals surface area (Å²) in [7, 11) is 1.56. The van der Waals surface area contributed by atoms with Gasteiger partial charge in [0.05, 0.1) is 19.3 Å². The van der Waals surface area contributed by atoms with Gasteiger partial charge in [-0.3, -0.25) is 4.79 Å². The van der Waals surface area contributed by atoms with Crippen LogP contribution in [-0.2, 0) is 22.5 Å². The standard InChI is InChI=1S/C14H22N2O3S/c1-19-10-12(17)2-5-15-8-14(18)16-6-3-13-11(9-16)4-7-20-13/h4,7,12,15,17H,2-3,5-6,8-10H2,1H3. The summed E-state index contributed by atoms with van der Waals surface area (Å²) in [5.41, 5.74) is 1.28. The van der Waals surface area contributed by atoms with Crippen LogP contribution < -0.4 is 5.32 Å². The van der Waals surface area contributed by atoms with Crippen LogP contribution in [0.5, 0.6) is 0 Å². The third-order valence-corrected chi connectivity index (χ3v) is 4.47. The predicted molar refractivity (Wildman–Crippen MR) is 78.8 cm³/mol. The van der Waals surface area contributed by atoms with Crippen molar-refractivity contribution in [2.45, 2.75) is 25.5 Å². The zero-order valence-electron chi connectivity index (χ0n) is 11.8. The van der Waals surface area contributed by atoms with E-state index in [2.05, 4.69) is 16.8 Å². The summed E-state index contributed by atoms with van der Waals surface area (Å²) in [4.78, 5) is 15.4. The van der Waals surface area contributed by atoms with E-state index >= 15 is 0 Å². The number of methoxy groups -OCH3 is 1. The number of fused-ring (bicyclic) bond motifs is 1. The molecule has 1 amide bonds. The molecule has 2 N–H and O–H groups in total. The number of rotatable bonds is 7. The van der Waals surface area contributed by atoms with Gasteiger partial charge < -0.3 is 20.1 Å². The number of nitrogens with one attached hydrogen (secondary N) is 1. The number of carbonyl (C=O) groups excluding carboxylic acids is 1. The van der Waals surface area contributed by atoms with Crippen molar-refractivity contribution in [2.24, 2.45) is 0 Å². The van der Waals surface area contributed by atoms with Crippen molar-refractivity contribution in [3.05, 3.63) is 21.9 Å². The molecule has 1 unspecified atom stereocenters. The lowest BCUT2D eigenvalue weighted by atomic mass is 10.1. The van der Waals surface area contributed by atoms with Crippen molar-refractivity contribution in [1.29, 1.82) is 0 Å². The molecule has 0 bridgehead atoms. The molecule has 1 aromatic heterocycles. The molecule has 0 fully saturated rings. The lowest BCUT2D eigenvalue weighted by Gasteiger charge is -2.27. The summed E-state index contributed by atoms with van der Waals surface area (Å²) in [6.45, 7) is 2.82. The molecule has 2 rings (SSSR count). The van der Waals surface area contributed by atoms with E-state index in [0.29, 0.717) is 26.1 Å². The van der Waals surface area contributed by atoms with Crippen molar-refractivity contribution in [2.75, 3.05) is 33.4 Å². The molecule has 0 saturated heterocycles. The number of hydrogen-bond donors (Lipinski definition) is 2. The van der Waals surface area contributed by atoms with E-state index < -0.39 is 6.10 Å². The molecule has 5 nitrogen and oxygen atoms in total. The van der Waals surface area contributed by atoms with Crippen molar-refractivity contribution >= 4 is 17.2 Å². The molecule has 0 spiro atoms. The van der Waals surface area contributed by atoms with Crippen LogP contribution in [0.2, 0.25) is 0 Å². The minimum absolute atomic E-state index is 0.128. The van der Waals surface area contributed by atoms with Crippen LogP contribution in [0.1, 0.15) is 16.9 Å². The third-order valence-electron chi connectivity index (χ3n) is 3.45. The van der Waals surface area contributed by atoms with E-state index in [0.717, 1.165) is 19.5 Å². The van der Waals surface area contributed by atoms with E-state index in [-0.39, 0.29) is 5.91 Å². The summed E-state index contributed by atoms with van der Waals surface area (Å²) in [5, 5.41) is 14.7. The highest BCUT2D eigenvalue weighted by Gasteiger charge is 2.20. The Labute approximate surface area is 123 Å². The van der Waals surface area contributed by atoms with Crippen molar-refractivity contribution in [3.8, 4) is 0 Å². The maximum Gasteiger partial charge on any atom is 0.236 e. The van der Waals surface area contributed by atoms with E-state index in [1.807, 2.05) is 4.90 Å². The van der Waals surface area contributed by atoms with Gasteiger partial charge in [0.1, 0.15) is 0 Å². The first-order valence-corrected chi connectivity index (χ1v) is 7.79. The number of aliphatic hydroxyl groups excluding tert-OH is 1. The Balaban J connectivity index is 1.66. The molecule has 2 heterocycles. The Bertz CT molecular complexity index is 436. The van der Waals surface area contributed by atoms with Gasteiger partial charge in [-0.1, -0.05) is 0 Å². The van der Waals surface area contributed by atoms with Gasteiger partial charge in [-0.15, -0.1) is 11.3 Å². The van der Waals surface area contributed by atoms with Crippen LogP contribution in [0.4, 0.5) is 0 Å². The first-order chi connectivity index (χ1) is 9.70. The molecule has 20 heavy (non-hydrogen) atoms. The molecule has 1 aliphatic heterocycles. The van der Waals surface area contributed by atoms with Crippen LogP contribution in [0, 0.1) is 0 Å². The molecule has 1 aliphatic rings. The average molecular weight is 298 g/mol. The van der Waals surface area contributed by atoms with Gasteiger partial charge in [0.25, 0.3) is 0 Å². The van der Waals surface area contributed by atoms with Gasteiger partial charge in [0, 0.05) is 25.1 Å². The predicted octanol–water partition coefficient (Wildman–Crippen LogP) is 0.620. The van der Waals surface area contributed by atoms with Crippen LogP contribution in [-0.4, -0.2) is 55.4 Å². The topological polar surface area (TPSA) is 61.8 Å². The van der Waals surface area contributed by atoms with Gasteiger partial charge in [-0.2, -0.15) is 0 Å². The van der Waals surface area contributed by atoms with Crippen molar-refractivity contribution in [3.63, 3.8) is 0 Å². The first kappa shape index (κ1) is 15.4. The second kappa shape index (κ2) is 7.73. The molecule has 1 aromatic rings. The van der Waals surface area contributed by atoms with Gasteiger partial charge in [0.15, 0.2) is 0 Å². The Morgan fingerprint density at radius 1 is 1.65 bits per heavy atom. The fourth-order valence-corrected chi connectivity index (χ4v) is 3.20. The van der Waals surface area contributed by atoms with Crippen LogP contribution in [0.3, 0.4) is 0 Å². The highest BCUT2D eigenvalue weighted by Crippen LogP contribution is 2.23. The number of nitrogens with zero attached hydrogens (tertiary/aromatic N) is 1. The summed E-state index contributed by atoms with van der Waals surface area (Å²) in [6.07, 6.45) is 1.09. The Morgan fingerprint density at radius 2 is 2.50 bits per heavy atom. The second-order valence-corrected chi connectivity index (χ2v) is 6.01. The van der Waals surface area contributed by atoms with Gasteiger partial charge >= 0.3 is 0 Å². The highest BCUT2D eigenvalue weighted by molar-refractivity contribution is 7.10. The molecule has 112 valence electrons. The monoisotopic (exact) mass is 298 g/mol. The zero-order valence-corrected chi connectivity index (χ0v) is 12.6. The SMILES string of the molecule is COCC(O)CCNCC(=O)N1CCc2sccc2C1. The lowest BCUT2D eigenvalue weighted by Crippen LogP contribution is -2.41. The Kier molecular flexibility index (Phi) is 5.97. The van der Waals surface area contributed by atoms with E-state index in [4.69, 9.17) is 4.74 Å². The van der Waals surface area contributed by atoms with Gasteiger partial charge in [0.2, 0.25) is 5.91 Å². The molecule has 0 aliphatic carbocycles. The molecule has 6 heteroatoms. The minimum atomic E-state index is -0.467. The quantitative estimate of drug-likeness (QED) is 0.725. The molecule has 0 saturated carbocycles. The Hall–Kier alpha value is -0.950. The maximum atomic E-state index is 12.1. The van der Waals surface area contributed by atoms with E-state index in [1.54, 1.807) is 18.4 Å². The number of ether oxygens (including phenoxy) is 1. The van der Waals surface area contributed by atoms with Gasteiger partial charge in [-0.05, 0) is 36.4 Å². The fraction of sp³-hybridized carbons (Fsp3) is 0.643. The second-order valence-electron chi connectivity index (χ2n) is 5.01. The smallest absolute Gasteiger partial charge is 0.236 e. The van der Waals surface area contributed by atoms with E-state index in [1.165, 1.54) is 10.4 Å². The average Bonchev–Trinajstić information content (AvgIpc) is 2.91. The first-order valence-electron chi connectivity index (χ1n) is 6.91. The largest absolute Gasteiger partial charge is 0.391 e. The number of carbonyl (C=O) groups is 1. The highest BCUT2D eigenvalue weighted by atomic mass is 32.1. The molecule has 0 radical (unpaired) electrons. The molecule has 1 atom stereocenters. The van der Waals surface area contributed by atoms with Crippen LogP contribution >= 0.6 is 11.3 Å². The number of hydrogen-bond acceptors (Lipinski definition) is 5. The van der Waals surface area contributed by atoms with Crippen molar-refractivity contribution < 1.29 is 14.6 Å². The lowest BCUT2D eigenvalue weighted by molar-refractivity contribution is -0.131. The van der Waals surface area contributed by atoms with Gasteiger partial charge in [-0.25, -0.2) is 0 Å². The minimum Gasteiger partial charge on any atom is -0.391 e. The molecular weight excluding hydrogens is 276 g/mol. The summed E-state index contributed by atoms with van der Waals surface area (Å²) in [6, 6.07) is 2.11. The Morgan fingerprint density at radius 3 is 3.30 bits per heavy atom. The summed E-state index contributed by atoms with van der Waals surface area (Å²) >= 11 is 1.78. The normalized spacial score (nSPS) is 16.0. The summed E-state index contributed by atoms with van der Waals surface area (Å²) in [5.74, 6) is 0.128. The molecule has 0 aromatic carbocycles. The van der Waals surface area contributed by atoms with Crippen LogP contribution in [0.15, 0.2) is 11.4 Å². The third kappa shape index (κ3) is 4.28. The number of thiophene rings is 1. The van der Waals surface area contributed by atoms with Crippen LogP contribution in [0.25, 0.3) is 0 Å². The zero-order chi connectivity index (χ0) is 14.4. The fourth-order valence-electron chi connectivity index (χ4n) is 2.31.